The van der Waals surface area contributed by atoms with Gasteiger partial charge in [-0.15, -0.1) is 0 Å². The number of hydrogen-bond acceptors (Lipinski definition) is 4. The van der Waals surface area contributed by atoms with Crippen LogP contribution in [0.5, 0.6) is 11.8 Å². The normalized spacial score (nSPS) is 10.6. The monoisotopic (exact) mass is 257 g/mol. The Morgan fingerprint density at radius 3 is 2.53 bits per heavy atom. The van der Waals surface area contributed by atoms with Gasteiger partial charge in [0.1, 0.15) is 5.75 Å². The lowest BCUT2D eigenvalue weighted by atomic mass is 10.1. The van der Waals surface area contributed by atoms with Crippen LogP contribution in [0.1, 0.15) is 27.9 Å². The molecular formula is C15H19N3O. The highest BCUT2D eigenvalue weighted by Crippen LogP contribution is 2.26. The molecule has 2 aromatic rings. The molecule has 0 saturated carbocycles. The quantitative estimate of drug-likeness (QED) is 0.918. The van der Waals surface area contributed by atoms with E-state index in [4.69, 9.17) is 10.5 Å². The predicted octanol–water partition coefficient (Wildman–Crippen LogP) is 2.96. The zero-order valence-electron chi connectivity index (χ0n) is 11.8. The number of nitrogens with two attached hydrogens (primary N) is 1. The van der Waals surface area contributed by atoms with Crippen molar-refractivity contribution in [3.8, 4) is 11.8 Å². The van der Waals surface area contributed by atoms with Gasteiger partial charge in [-0.2, -0.15) is 4.98 Å². The van der Waals surface area contributed by atoms with Gasteiger partial charge in [0, 0.05) is 24.0 Å². The first kappa shape index (κ1) is 13.5. The number of aryl methyl sites for hydroxylation is 3. The van der Waals surface area contributed by atoms with Crippen LogP contribution in [0.4, 0.5) is 0 Å². The van der Waals surface area contributed by atoms with E-state index >= 15 is 0 Å². The van der Waals surface area contributed by atoms with Crippen molar-refractivity contribution in [2.45, 2.75) is 34.2 Å². The number of ether oxygens (including phenoxy) is 1. The third-order valence-electron chi connectivity index (χ3n) is 3.24. The summed E-state index contributed by atoms with van der Waals surface area (Å²) in [4.78, 5) is 8.52. The lowest BCUT2D eigenvalue weighted by Gasteiger charge is -2.11. The minimum absolute atomic E-state index is 0.364. The standard InChI is InChI=1S/C15H19N3O/c1-9-5-10(2)11(3)14(6-9)19-15-17-8-13(7-16)12(4)18-15/h5-6,8H,7,16H2,1-4H3. The van der Waals surface area contributed by atoms with Crippen molar-refractivity contribution in [2.24, 2.45) is 5.73 Å². The summed E-state index contributed by atoms with van der Waals surface area (Å²) in [7, 11) is 0. The number of aromatic nitrogens is 2. The van der Waals surface area contributed by atoms with Crippen LogP contribution in [0.15, 0.2) is 18.3 Å². The van der Waals surface area contributed by atoms with Gasteiger partial charge in [0.25, 0.3) is 0 Å². The maximum Gasteiger partial charge on any atom is 0.322 e. The summed E-state index contributed by atoms with van der Waals surface area (Å²) in [6.45, 7) is 8.49. The molecule has 19 heavy (non-hydrogen) atoms. The Kier molecular flexibility index (Phi) is 3.81. The Balaban J connectivity index is 2.33. The highest BCUT2D eigenvalue weighted by Gasteiger charge is 2.08. The van der Waals surface area contributed by atoms with Crippen molar-refractivity contribution >= 4 is 0 Å². The minimum Gasteiger partial charge on any atom is -0.424 e. The van der Waals surface area contributed by atoms with E-state index in [9.17, 15) is 0 Å². The SMILES string of the molecule is Cc1cc(C)c(C)c(Oc2ncc(CN)c(C)n2)c1. The Hall–Kier alpha value is -1.94. The lowest BCUT2D eigenvalue weighted by Crippen LogP contribution is -2.04. The topological polar surface area (TPSA) is 61.0 Å². The molecule has 4 heteroatoms. The Bertz CT molecular complexity index is 609. The second-order valence-electron chi connectivity index (χ2n) is 4.77. The van der Waals surface area contributed by atoms with E-state index in [2.05, 4.69) is 23.0 Å². The van der Waals surface area contributed by atoms with Crippen molar-refractivity contribution in [3.05, 3.63) is 46.3 Å². The zero-order valence-corrected chi connectivity index (χ0v) is 11.8. The van der Waals surface area contributed by atoms with Gasteiger partial charge in [-0.05, 0) is 50.5 Å². The average Bonchev–Trinajstić information content (AvgIpc) is 2.35. The van der Waals surface area contributed by atoms with Gasteiger partial charge in [-0.1, -0.05) is 6.07 Å². The van der Waals surface area contributed by atoms with Gasteiger partial charge in [0.2, 0.25) is 0 Å². The van der Waals surface area contributed by atoms with Gasteiger partial charge < -0.3 is 10.5 Å². The van der Waals surface area contributed by atoms with E-state index in [0.717, 1.165) is 28.1 Å². The number of hydrogen-bond donors (Lipinski definition) is 1. The van der Waals surface area contributed by atoms with Crippen LogP contribution in [-0.4, -0.2) is 9.97 Å². The molecule has 2 N–H and O–H groups in total. The number of rotatable bonds is 3. The van der Waals surface area contributed by atoms with E-state index in [1.54, 1.807) is 6.20 Å². The van der Waals surface area contributed by atoms with Gasteiger partial charge in [0.05, 0.1) is 0 Å². The summed E-state index contributed by atoms with van der Waals surface area (Å²) in [5.74, 6) is 0.803. The van der Waals surface area contributed by atoms with Crippen molar-refractivity contribution in [1.29, 1.82) is 0 Å². The first-order valence-electron chi connectivity index (χ1n) is 6.29. The molecule has 0 aliphatic carbocycles. The average molecular weight is 257 g/mol. The van der Waals surface area contributed by atoms with Crippen LogP contribution in [0.3, 0.4) is 0 Å². The molecule has 1 heterocycles. The van der Waals surface area contributed by atoms with E-state index in [-0.39, 0.29) is 0 Å². The molecule has 0 aliphatic heterocycles. The van der Waals surface area contributed by atoms with Crippen molar-refractivity contribution in [2.75, 3.05) is 0 Å². The van der Waals surface area contributed by atoms with Gasteiger partial charge in [0.15, 0.2) is 0 Å². The van der Waals surface area contributed by atoms with Crippen LogP contribution < -0.4 is 10.5 Å². The third kappa shape index (κ3) is 2.90. The summed E-state index contributed by atoms with van der Waals surface area (Å²) in [5, 5.41) is 0. The van der Waals surface area contributed by atoms with Crippen molar-refractivity contribution < 1.29 is 4.74 Å². The smallest absolute Gasteiger partial charge is 0.322 e. The summed E-state index contributed by atoms with van der Waals surface area (Å²) in [5.41, 5.74) is 10.9. The first-order chi connectivity index (χ1) is 9.01. The molecule has 100 valence electrons. The molecule has 0 atom stereocenters. The van der Waals surface area contributed by atoms with Crippen LogP contribution in [-0.2, 0) is 6.54 Å². The molecule has 0 radical (unpaired) electrons. The van der Waals surface area contributed by atoms with Crippen molar-refractivity contribution in [3.63, 3.8) is 0 Å². The van der Waals surface area contributed by atoms with Crippen molar-refractivity contribution in [1.82, 2.24) is 9.97 Å². The number of nitrogens with zero attached hydrogens (tertiary/aromatic N) is 2. The highest BCUT2D eigenvalue weighted by molar-refractivity contribution is 5.43. The van der Waals surface area contributed by atoms with Gasteiger partial charge in [-0.25, -0.2) is 4.98 Å². The van der Waals surface area contributed by atoms with Gasteiger partial charge in [-0.3, -0.25) is 0 Å². The predicted molar refractivity (Wildman–Crippen MR) is 75.4 cm³/mol. The zero-order chi connectivity index (χ0) is 14.0. The lowest BCUT2D eigenvalue weighted by molar-refractivity contribution is 0.435. The molecule has 4 nitrogen and oxygen atoms in total. The molecule has 0 bridgehead atoms. The molecule has 0 spiro atoms. The fourth-order valence-corrected chi connectivity index (χ4v) is 1.93. The summed E-state index contributed by atoms with van der Waals surface area (Å²) in [6.07, 6.45) is 1.72. The molecule has 2 rings (SSSR count). The molecule has 0 aliphatic rings. The minimum atomic E-state index is 0.364. The maximum absolute atomic E-state index is 5.79. The summed E-state index contributed by atoms with van der Waals surface area (Å²) >= 11 is 0. The maximum atomic E-state index is 5.79. The van der Waals surface area contributed by atoms with E-state index in [1.807, 2.05) is 26.8 Å². The molecule has 1 aromatic carbocycles. The summed E-state index contributed by atoms with van der Waals surface area (Å²) in [6, 6.07) is 4.49. The molecule has 1 aromatic heterocycles. The molecule has 0 saturated heterocycles. The fourth-order valence-electron chi connectivity index (χ4n) is 1.93. The van der Waals surface area contributed by atoms with Gasteiger partial charge >= 0.3 is 6.01 Å². The molecule has 0 unspecified atom stereocenters. The van der Waals surface area contributed by atoms with Crippen LogP contribution in [0.25, 0.3) is 0 Å². The second kappa shape index (κ2) is 5.36. The van der Waals surface area contributed by atoms with Crippen LogP contribution in [0, 0.1) is 27.7 Å². The first-order valence-corrected chi connectivity index (χ1v) is 6.29. The Labute approximate surface area is 113 Å². The van der Waals surface area contributed by atoms with E-state index in [0.29, 0.717) is 12.6 Å². The molecular weight excluding hydrogens is 238 g/mol. The Morgan fingerprint density at radius 1 is 1.16 bits per heavy atom. The van der Waals surface area contributed by atoms with Crippen LogP contribution in [0.2, 0.25) is 0 Å². The molecule has 0 amide bonds. The second-order valence-corrected chi connectivity index (χ2v) is 4.77. The fraction of sp³-hybridized carbons (Fsp3) is 0.333. The Morgan fingerprint density at radius 2 is 1.89 bits per heavy atom. The largest absolute Gasteiger partial charge is 0.424 e. The number of benzene rings is 1. The molecule has 0 fully saturated rings. The third-order valence-corrected chi connectivity index (χ3v) is 3.24. The summed E-state index contributed by atoms with van der Waals surface area (Å²) < 4.78 is 5.79. The van der Waals surface area contributed by atoms with E-state index < -0.39 is 0 Å². The van der Waals surface area contributed by atoms with E-state index in [1.165, 1.54) is 5.56 Å². The highest BCUT2D eigenvalue weighted by atomic mass is 16.5. The van der Waals surface area contributed by atoms with Crippen LogP contribution >= 0.6 is 0 Å².